The zero-order valence-corrected chi connectivity index (χ0v) is 9.81. The smallest absolute Gasteiger partial charge is 0.0782 e. The van der Waals surface area contributed by atoms with Crippen molar-refractivity contribution in [3.05, 3.63) is 35.4 Å². The topological polar surface area (TPSA) is 12.4 Å². The van der Waals surface area contributed by atoms with Crippen molar-refractivity contribution in [1.82, 2.24) is 0 Å². The lowest BCUT2D eigenvalue weighted by atomic mass is 9.96. The molecule has 1 aliphatic heterocycles. The van der Waals surface area contributed by atoms with Crippen LogP contribution in [0.25, 0.3) is 0 Å². The minimum atomic E-state index is 0.328. The molecular formula is C13H15NS. The standard InChI is InChI=1S/C13H15NS/c1-10-2-4-11(5-3-10)13(6-7-13)12-14-8-9-15-12/h2-5H,6-9H2,1H3. The molecule has 0 atom stereocenters. The lowest BCUT2D eigenvalue weighted by Crippen LogP contribution is -2.15. The van der Waals surface area contributed by atoms with Crippen LogP contribution < -0.4 is 0 Å². The molecule has 1 aromatic carbocycles. The third kappa shape index (κ3) is 1.51. The van der Waals surface area contributed by atoms with Crippen molar-refractivity contribution >= 4 is 16.8 Å². The Bertz CT molecular complexity index is 401. The lowest BCUT2D eigenvalue weighted by Gasteiger charge is -2.15. The number of aryl methyl sites for hydroxylation is 1. The van der Waals surface area contributed by atoms with Crippen molar-refractivity contribution in [2.75, 3.05) is 12.3 Å². The second-order valence-electron chi connectivity index (χ2n) is 4.48. The van der Waals surface area contributed by atoms with Gasteiger partial charge in [-0.25, -0.2) is 0 Å². The van der Waals surface area contributed by atoms with Gasteiger partial charge in [-0.3, -0.25) is 4.99 Å². The molecule has 0 N–H and O–H groups in total. The van der Waals surface area contributed by atoms with Crippen LogP contribution in [0.4, 0.5) is 0 Å². The zero-order valence-electron chi connectivity index (χ0n) is 8.99. The van der Waals surface area contributed by atoms with E-state index in [4.69, 9.17) is 0 Å². The molecule has 1 saturated carbocycles. The van der Waals surface area contributed by atoms with E-state index in [-0.39, 0.29) is 0 Å². The summed E-state index contributed by atoms with van der Waals surface area (Å²) in [6.45, 7) is 3.17. The number of hydrogen-bond donors (Lipinski definition) is 0. The number of benzene rings is 1. The highest BCUT2D eigenvalue weighted by atomic mass is 32.2. The third-order valence-corrected chi connectivity index (χ3v) is 4.53. The molecule has 0 radical (unpaired) electrons. The highest BCUT2D eigenvalue weighted by Gasteiger charge is 2.49. The van der Waals surface area contributed by atoms with E-state index in [1.165, 1.54) is 34.8 Å². The normalized spacial score (nSPS) is 22.6. The Balaban J connectivity index is 1.96. The molecule has 3 rings (SSSR count). The van der Waals surface area contributed by atoms with Crippen molar-refractivity contribution in [3.63, 3.8) is 0 Å². The van der Waals surface area contributed by atoms with Crippen LogP contribution in [0.5, 0.6) is 0 Å². The van der Waals surface area contributed by atoms with E-state index in [9.17, 15) is 0 Å². The molecular weight excluding hydrogens is 202 g/mol. The van der Waals surface area contributed by atoms with Crippen LogP contribution in [0, 0.1) is 6.92 Å². The lowest BCUT2D eigenvalue weighted by molar-refractivity contribution is 0.955. The van der Waals surface area contributed by atoms with Gasteiger partial charge in [0.2, 0.25) is 0 Å². The summed E-state index contributed by atoms with van der Waals surface area (Å²) in [5.41, 5.74) is 3.14. The highest BCUT2D eigenvalue weighted by molar-refractivity contribution is 8.14. The first kappa shape index (κ1) is 9.46. The maximum absolute atomic E-state index is 4.65. The average molecular weight is 217 g/mol. The Morgan fingerprint density at radius 3 is 2.47 bits per heavy atom. The van der Waals surface area contributed by atoms with Gasteiger partial charge in [0, 0.05) is 17.7 Å². The largest absolute Gasteiger partial charge is 0.281 e. The van der Waals surface area contributed by atoms with Gasteiger partial charge in [0.05, 0.1) is 5.04 Å². The second kappa shape index (κ2) is 3.38. The van der Waals surface area contributed by atoms with Crippen LogP contribution in [0.15, 0.2) is 29.3 Å². The predicted molar refractivity (Wildman–Crippen MR) is 66.9 cm³/mol. The first-order chi connectivity index (χ1) is 7.31. The Morgan fingerprint density at radius 2 is 1.93 bits per heavy atom. The van der Waals surface area contributed by atoms with Crippen LogP contribution in [-0.2, 0) is 5.41 Å². The average Bonchev–Trinajstić information content (AvgIpc) is 2.88. The van der Waals surface area contributed by atoms with E-state index < -0.39 is 0 Å². The minimum absolute atomic E-state index is 0.328. The van der Waals surface area contributed by atoms with Gasteiger partial charge >= 0.3 is 0 Å². The van der Waals surface area contributed by atoms with Crippen molar-refractivity contribution in [2.45, 2.75) is 25.2 Å². The molecule has 78 valence electrons. The maximum Gasteiger partial charge on any atom is 0.0782 e. The molecule has 1 heterocycles. The number of aliphatic imine (C=N–C) groups is 1. The minimum Gasteiger partial charge on any atom is -0.281 e. The highest BCUT2D eigenvalue weighted by Crippen LogP contribution is 2.52. The Labute approximate surface area is 95.0 Å². The van der Waals surface area contributed by atoms with Crippen LogP contribution in [0.2, 0.25) is 0 Å². The SMILES string of the molecule is Cc1ccc(C2(C3=NCCS3)CC2)cc1. The summed E-state index contributed by atoms with van der Waals surface area (Å²) in [6, 6.07) is 9.00. The predicted octanol–water partition coefficient (Wildman–Crippen LogP) is 3.17. The van der Waals surface area contributed by atoms with Crippen LogP contribution in [-0.4, -0.2) is 17.3 Å². The van der Waals surface area contributed by atoms with E-state index in [1.807, 2.05) is 11.8 Å². The first-order valence-electron chi connectivity index (χ1n) is 5.56. The molecule has 1 nitrogen and oxygen atoms in total. The third-order valence-electron chi connectivity index (χ3n) is 3.35. The van der Waals surface area contributed by atoms with Gasteiger partial charge in [0.15, 0.2) is 0 Å². The molecule has 2 aliphatic rings. The van der Waals surface area contributed by atoms with Crippen molar-refractivity contribution < 1.29 is 0 Å². The number of rotatable bonds is 2. The van der Waals surface area contributed by atoms with E-state index in [0.29, 0.717) is 5.41 Å². The fourth-order valence-corrected chi connectivity index (χ4v) is 3.41. The summed E-state index contributed by atoms with van der Waals surface area (Å²) in [7, 11) is 0. The van der Waals surface area contributed by atoms with Crippen molar-refractivity contribution in [1.29, 1.82) is 0 Å². The molecule has 0 aromatic heterocycles. The molecule has 0 spiro atoms. The molecule has 1 aromatic rings. The fraction of sp³-hybridized carbons (Fsp3) is 0.462. The van der Waals surface area contributed by atoms with Crippen LogP contribution in [0.1, 0.15) is 24.0 Å². The van der Waals surface area contributed by atoms with Crippen molar-refractivity contribution in [2.24, 2.45) is 4.99 Å². The van der Waals surface area contributed by atoms with Gasteiger partial charge < -0.3 is 0 Å². The summed E-state index contributed by atoms with van der Waals surface area (Å²) in [4.78, 5) is 4.65. The Morgan fingerprint density at radius 1 is 1.20 bits per heavy atom. The molecule has 1 fully saturated rings. The van der Waals surface area contributed by atoms with Crippen molar-refractivity contribution in [3.8, 4) is 0 Å². The monoisotopic (exact) mass is 217 g/mol. The number of thioether (sulfide) groups is 1. The second-order valence-corrected chi connectivity index (χ2v) is 5.57. The van der Waals surface area contributed by atoms with Gasteiger partial charge in [-0.15, -0.1) is 11.8 Å². The van der Waals surface area contributed by atoms with E-state index in [1.54, 1.807) is 0 Å². The zero-order chi connectivity index (χ0) is 10.3. The maximum atomic E-state index is 4.65. The number of hydrogen-bond acceptors (Lipinski definition) is 2. The van der Waals surface area contributed by atoms with Gasteiger partial charge in [0.1, 0.15) is 0 Å². The summed E-state index contributed by atoms with van der Waals surface area (Å²) in [5.74, 6) is 1.18. The van der Waals surface area contributed by atoms with Crippen LogP contribution >= 0.6 is 11.8 Å². The summed E-state index contributed by atoms with van der Waals surface area (Å²) in [6.07, 6.45) is 2.59. The van der Waals surface area contributed by atoms with Gasteiger partial charge in [-0.2, -0.15) is 0 Å². The van der Waals surface area contributed by atoms with E-state index in [2.05, 4.69) is 36.2 Å². The summed E-state index contributed by atoms with van der Waals surface area (Å²) >= 11 is 1.96. The Kier molecular flexibility index (Phi) is 2.13. The van der Waals surface area contributed by atoms with E-state index in [0.717, 1.165) is 6.54 Å². The van der Waals surface area contributed by atoms with Crippen LogP contribution in [0.3, 0.4) is 0 Å². The molecule has 15 heavy (non-hydrogen) atoms. The van der Waals surface area contributed by atoms with Gasteiger partial charge in [-0.1, -0.05) is 29.8 Å². The number of nitrogens with zero attached hydrogens (tertiary/aromatic N) is 1. The first-order valence-corrected chi connectivity index (χ1v) is 6.55. The molecule has 0 saturated heterocycles. The summed E-state index contributed by atoms with van der Waals surface area (Å²) in [5, 5.41) is 1.39. The van der Waals surface area contributed by atoms with E-state index >= 15 is 0 Å². The summed E-state index contributed by atoms with van der Waals surface area (Å²) < 4.78 is 0. The molecule has 2 heteroatoms. The molecule has 0 unspecified atom stereocenters. The molecule has 0 amide bonds. The van der Waals surface area contributed by atoms with Gasteiger partial charge in [-0.05, 0) is 25.3 Å². The fourth-order valence-electron chi connectivity index (χ4n) is 2.25. The Hall–Kier alpha value is -0.760. The quantitative estimate of drug-likeness (QED) is 0.741. The molecule has 0 bridgehead atoms. The van der Waals surface area contributed by atoms with Gasteiger partial charge in [0.25, 0.3) is 0 Å². The molecule has 1 aliphatic carbocycles.